The number of likely N-dealkylation sites (N-methyl/N-ethyl adjacent to an activating group) is 1. The second kappa shape index (κ2) is 25.8. The maximum atomic E-state index is 15.0. The van der Waals surface area contributed by atoms with Crippen LogP contribution in [0.25, 0.3) is 0 Å². The third-order valence-electron chi connectivity index (χ3n) is 17.2. The molecule has 0 spiro atoms. The molecule has 5 aromatic rings. The Morgan fingerprint density at radius 3 is 2.25 bits per heavy atom. The molecular formula is C63H75F3N10O7. The summed E-state index contributed by atoms with van der Waals surface area (Å²) in [4.78, 5) is 80.6. The van der Waals surface area contributed by atoms with Gasteiger partial charge in [-0.1, -0.05) is 36.4 Å². The van der Waals surface area contributed by atoms with Crippen LogP contribution in [0, 0.1) is 23.4 Å². The minimum absolute atomic E-state index is 0.0200. The summed E-state index contributed by atoms with van der Waals surface area (Å²) in [6.45, 7) is 14.1. The smallest absolute Gasteiger partial charge is 0.255 e. The SMILES string of the molecule is CN[C@@H](C)CN[C@H](C(=O)N1Cc2ccc(NC(=O)c3ccc(NC(=O)C4(C)CN(C(=O)CN5C[C@@H](C)NC[C@@H]5CN5CCOC[C@H]5C)c5cc(Cc6ccc(F)cc6)ccc54)cc3)cc2[C@H]1C(=O)Nc1c(F)cccc1F)C1CCOCC1. The molecule has 5 aliphatic heterocycles. The summed E-state index contributed by atoms with van der Waals surface area (Å²) in [6, 6.07) is 25.3. The van der Waals surface area contributed by atoms with Gasteiger partial charge in [0.1, 0.15) is 29.2 Å². The van der Waals surface area contributed by atoms with Crippen molar-refractivity contribution >= 4 is 52.3 Å². The standard InChI is InChI=1S/C63H75F3N10O7/c1-38(67-5)30-69-56(43-21-24-82-25-22-43)61(80)75-33-45-14-19-48(29-50(45)58(75)60(79)72-57-52(65)7-6-8-53(57)66)70-59(78)44-12-17-47(18-13-44)71-62(81)63(4)37-76(54-28-42(11-20-51(54)63)27-41-9-15-46(64)16-10-41)55(77)35-74-32-39(2)68-31-49(74)34-73-23-26-83-36-40(73)3/h6-20,28-29,38-40,43,49,56,58,67-69H,21-27,30-37H2,1-5H3,(H,70,78)(H,71,81)(H,72,79)/t38-,39+,40+,49+,56-,58-,63?/m0/s1. The number of ether oxygens (including phenoxy) is 2. The number of morpholine rings is 1. The van der Waals surface area contributed by atoms with Crippen molar-refractivity contribution in [1.82, 2.24) is 30.7 Å². The van der Waals surface area contributed by atoms with Crippen LogP contribution in [0.2, 0.25) is 0 Å². The van der Waals surface area contributed by atoms with E-state index in [9.17, 15) is 28.4 Å². The monoisotopic (exact) mass is 1140 g/mol. The van der Waals surface area contributed by atoms with E-state index in [4.69, 9.17) is 9.47 Å². The molecule has 5 aromatic carbocycles. The Kier molecular flexibility index (Phi) is 18.4. The topological polar surface area (TPSA) is 189 Å². The molecule has 0 saturated carbocycles. The Labute approximate surface area is 483 Å². The number of rotatable bonds is 18. The maximum absolute atomic E-state index is 15.0. The average Bonchev–Trinajstić information content (AvgIpc) is 2.77. The van der Waals surface area contributed by atoms with Gasteiger partial charge in [0.25, 0.3) is 11.8 Å². The quantitative estimate of drug-likeness (QED) is 0.0554. The highest BCUT2D eigenvalue weighted by molar-refractivity contribution is 6.08. The predicted molar refractivity (Wildman–Crippen MR) is 312 cm³/mol. The molecule has 0 aliphatic carbocycles. The fourth-order valence-corrected chi connectivity index (χ4v) is 12.2. The van der Waals surface area contributed by atoms with Gasteiger partial charge in [-0.3, -0.25) is 33.8 Å². The molecule has 3 saturated heterocycles. The fourth-order valence-electron chi connectivity index (χ4n) is 12.2. The predicted octanol–water partition coefficient (Wildman–Crippen LogP) is 6.59. The molecule has 0 aromatic heterocycles. The highest BCUT2D eigenvalue weighted by Gasteiger charge is 2.48. The van der Waals surface area contributed by atoms with E-state index >= 15 is 8.78 Å². The molecule has 3 fully saturated rings. The van der Waals surface area contributed by atoms with Gasteiger partial charge < -0.3 is 51.2 Å². The van der Waals surface area contributed by atoms with E-state index in [0.29, 0.717) is 92.5 Å². The van der Waals surface area contributed by atoms with Crippen molar-refractivity contribution in [1.29, 1.82) is 0 Å². The van der Waals surface area contributed by atoms with Gasteiger partial charge >= 0.3 is 0 Å². The Bertz CT molecular complexity index is 3160. The van der Waals surface area contributed by atoms with Crippen molar-refractivity contribution < 1.29 is 46.6 Å². The molecule has 5 heterocycles. The zero-order chi connectivity index (χ0) is 58.5. The molecule has 7 atom stereocenters. The number of hydrogen-bond donors (Lipinski definition) is 6. The summed E-state index contributed by atoms with van der Waals surface area (Å²) >= 11 is 0. The third kappa shape index (κ3) is 13.3. The van der Waals surface area contributed by atoms with Crippen molar-refractivity contribution in [2.24, 2.45) is 5.92 Å². The molecule has 0 radical (unpaired) electrons. The minimum Gasteiger partial charge on any atom is -0.381 e. The highest BCUT2D eigenvalue weighted by Crippen LogP contribution is 2.43. The molecule has 10 rings (SSSR count). The number of amides is 5. The molecule has 20 heteroatoms. The second-order valence-corrected chi connectivity index (χ2v) is 23.2. The van der Waals surface area contributed by atoms with Crippen molar-refractivity contribution in [3.8, 4) is 0 Å². The summed E-state index contributed by atoms with van der Waals surface area (Å²) in [5.74, 6) is -4.55. The third-order valence-corrected chi connectivity index (χ3v) is 17.2. The van der Waals surface area contributed by atoms with E-state index in [1.807, 2.05) is 39.1 Å². The zero-order valence-corrected chi connectivity index (χ0v) is 47.7. The lowest BCUT2D eigenvalue weighted by molar-refractivity contribution is -0.142. The van der Waals surface area contributed by atoms with E-state index < -0.39 is 46.6 Å². The highest BCUT2D eigenvalue weighted by atomic mass is 19.1. The Hall–Kier alpha value is -7.04. The molecule has 5 amide bonds. The van der Waals surface area contributed by atoms with Crippen molar-refractivity contribution in [3.63, 3.8) is 0 Å². The van der Waals surface area contributed by atoms with Gasteiger partial charge in [0.2, 0.25) is 17.7 Å². The molecule has 440 valence electrons. The molecule has 6 N–H and O–H groups in total. The number of halogens is 3. The van der Waals surface area contributed by atoms with Gasteiger partial charge in [-0.15, -0.1) is 0 Å². The van der Waals surface area contributed by atoms with Gasteiger partial charge in [-0.25, -0.2) is 13.2 Å². The summed E-state index contributed by atoms with van der Waals surface area (Å²) in [5.41, 5.74) is 3.26. The van der Waals surface area contributed by atoms with Crippen LogP contribution in [-0.2, 0) is 47.0 Å². The van der Waals surface area contributed by atoms with Crippen LogP contribution in [0.15, 0.2) is 103 Å². The Balaban J connectivity index is 0.858. The molecule has 0 bridgehead atoms. The Morgan fingerprint density at radius 2 is 1.53 bits per heavy atom. The van der Waals surface area contributed by atoms with Crippen LogP contribution < -0.4 is 36.8 Å². The van der Waals surface area contributed by atoms with Gasteiger partial charge in [-0.05, 0) is 154 Å². The number of nitrogens with one attached hydrogen (secondary N) is 6. The lowest BCUT2D eigenvalue weighted by atomic mass is 9.83. The zero-order valence-electron chi connectivity index (χ0n) is 47.7. The van der Waals surface area contributed by atoms with Crippen LogP contribution in [0.3, 0.4) is 0 Å². The Morgan fingerprint density at radius 1 is 0.807 bits per heavy atom. The number of hydrogen-bond acceptors (Lipinski definition) is 12. The molecule has 5 aliphatic rings. The first kappa shape index (κ1) is 59.1. The summed E-state index contributed by atoms with van der Waals surface area (Å²) in [7, 11) is 1.82. The number of fused-ring (bicyclic) bond motifs is 2. The number of piperazine rings is 1. The van der Waals surface area contributed by atoms with Gasteiger partial charge in [-0.2, -0.15) is 0 Å². The van der Waals surface area contributed by atoms with Crippen LogP contribution in [0.1, 0.15) is 84.8 Å². The first-order valence-electron chi connectivity index (χ1n) is 28.8. The number of benzene rings is 5. The average molecular weight is 1140 g/mol. The van der Waals surface area contributed by atoms with E-state index in [1.165, 1.54) is 23.1 Å². The minimum atomic E-state index is -1.32. The second-order valence-electron chi connectivity index (χ2n) is 23.2. The van der Waals surface area contributed by atoms with Crippen LogP contribution in [0.5, 0.6) is 0 Å². The lowest BCUT2D eigenvalue weighted by Gasteiger charge is -2.43. The number of para-hydroxylation sites is 1. The van der Waals surface area contributed by atoms with Crippen LogP contribution in [-0.4, -0.2) is 154 Å². The summed E-state index contributed by atoms with van der Waals surface area (Å²) < 4.78 is 55.3. The molecular weight excluding hydrogens is 1070 g/mol. The maximum Gasteiger partial charge on any atom is 0.255 e. The lowest BCUT2D eigenvalue weighted by Crippen LogP contribution is -2.62. The van der Waals surface area contributed by atoms with Gasteiger partial charge in [0.05, 0.1) is 31.2 Å². The van der Waals surface area contributed by atoms with Gasteiger partial charge in [0.15, 0.2) is 0 Å². The van der Waals surface area contributed by atoms with E-state index in [2.05, 4.69) is 55.5 Å². The van der Waals surface area contributed by atoms with E-state index in [1.54, 1.807) is 59.5 Å². The first-order valence-corrected chi connectivity index (χ1v) is 28.8. The number of carbonyl (C=O) groups is 5. The van der Waals surface area contributed by atoms with Crippen LogP contribution in [0.4, 0.5) is 35.9 Å². The molecule has 1 unspecified atom stereocenters. The summed E-state index contributed by atoms with van der Waals surface area (Å²) in [6.07, 6.45) is 1.72. The fraction of sp³-hybridized carbons (Fsp3) is 0.444. The van der Waals surface area contributed by atoms with Gasteiger partial charge in [0, 0.05) is 106 Å². The van der Waals surface area contributed by atoms with Crippen molar-refractivity contribution in [2.75, 3.05) is 100 Å². The van der Waals surface area contributed by atoms with Crippen molar-refractivity contribution in [3.05, 3.63) is 154 Å². The molecule has 17 nitrogen and oxygen atoms in total. The van der Waals surface area contributed by atoms with E-state index in [0.717, 1.165) is 42.9 Å². The molecule has 83 heavy (non-hydrogen) atoms. The number of anilines is 4. The van der Waals surface area contributed by atoms with E-state index in [-0.39, 0.29) is 78.8 Å². The summed E-state index contributed by atoms with van der Waals surface area (Å²) in [5, 5.41) is 18.6. The van der Waals surface area contributed by atoms with Crippen LogP contribution >= 0.6 is 0 Å². The van der Waals surface area contributed by atoms with Crippen molar-refractivity contribution in [2.45, 2.75) is 95.2 Å². The number of nitrogens with zero attached hydrogens (tertiary/aromatic N) is 4. The first-order chi connectivity index (χ1) is 40.0. The largest absolute Gasteiger partial charge is 0.381 e. The normalized spacial score (nSPS) is 22.8. The number of carbonyl (C=O) groups excluding carboxylic acids is 5.